The van der Waals surface area contributed by atoms with Crippen molar-refractivity contribution in [2.24, 2.45) is 0 Å². The third kappa shape index (κ3) is 3.83. The van der Waals surface area contributed by atoms with E-state index in [1.807, 2.05) is 18.3 Å². The average Bonchev–Trinajstić information content (AvgIpc) is 3.43. The van der Waals surface area contributed by atoms with E-state index < -0.39 is 22.6 Å². The maximum Gasteiger partial charge on any atom is 0.275 e. The van der Waals surface area contributed by atoms with Crippen LogP contribution in [0.5, 0.6) is 5.75 Å². The van der Waals surface area contributed by atoms with Crippen LogP contribution in [0.4, 0.5) is 0 Å². The van der Waals surface area contributed by atoms with E-state index in [-0.39, 0.29) is 11.5 Å². The normalized spacial score (nSPS) is 18.9. The largest absolute Gasteiger partial charge is 0.503 e. The van der Waals surface area contributed by atoms with Crippen LogP contribution in [0.2, 0.25) is 0 Å². The highest BCUT2D eigenvalue weighted by atomic mass is 16.3. The van der Waals surface area contributed by atoms with Crippen molar-refractivity contribution in [3.8, 4) is 5.75 Å². The molecule has 4 bridgehead atoms. The predicted octanol–water partition coefficient (Wildman–Crippen LogP) is 3.31. The molecular weight excluding hydrogens is 432 g/mol. The number of ketones is 1. The summed E-state index contributed by atoms with van der Waals surface area (Å²) in [4.78, 5) is 37.6. The summed E-state index contributed by atoms with van der Waals surface area (Å²) < 4.78 is 3.70. The molecule has 8 heteroatoms. The highest BCUT2D eigenvalue weighted by molar-refractivity contribution is 6.07. The maximum absolute atomic E-state index is 12.7. The van der Waals surface area contributed by atoms with Gasteiger partial charge in [0.15, 0.2) is 17.2 Å². The van der Waals surface area contributed by atoms with E-state index in [4.69, 9.17) is 0 Å². The van der Waals surface area contributed by atoms with Gasteiger partial charge in [-0.25, -0.2) is 0 Å². The van der Waals surface area contributed by atoms with Crippen molar-refractivity contribution >= 4 is 22.6 Å². The van der Waals surface area contributed by atoms with Crippen LogP contribution in [0.25, 0.3) is 10.9 Å². The Kier molecular flexibility index (Phi) is 5.59. The van der Waals surface area contributed by atoms with Gasteiger partial charge in [-0.15, -0.1) is 0 Å². The molecule has 2 N–H and O–H groups in total. The Labute approximate surface area is 196 Å². The lowest BCUT2D eigenvalue weighted by atomic mass is 9.96. The molecule has 34 heavy (non-hydrogen) atoms. The zero-order chi connectivity index (χ0) is 23.9. The van der Waals surface area contributed by atoms with Gasteiger partial charge in [-0.1, -0.05) is 37.1 Å². The minimum atomic E-state index is -0.777. The second-order valence-corrected chi connectivity index (χ2v) is 9.36. The van der Waals surface area contributed by atoms with Crippen molar-refractivity contribution in [2.45, 2.75) is 57.5 Å². The summed E-state index contributed by atoms with van der Waals surface area (Å²) in [6.45, 7) is 2.31. The average molecular weight is 461 g/mol. The molecule has 1 fully saturated rings. The molecule has 3 aromatic rings. The number of aromatic hydroxyl groups is 1. The zero-order valence-corrected chi connectivity index (χ0v) is 19.2. The van der Waals surface area contributed by atoms with Crippen molar-refractivity contribution in [1.29, 1.82) is 0 Å². The fourth-order valence-electron chi connectivity index (χ4n) is 5.33. The second kappa shape index (κ2) is 8.59. The first-order valence-corrected chi connectivity index (χ1v) is 11.8. The minimum absolute atomic E-state index is 0.00789. The predicted molar refractivity (Wildman–Crippen MR) is 128 cm³/mol. The molecule has 1 aliphatic carbocycles. The van der Waals surface area contributed by atoms with Gasteiger partial charge in [-0.2, -0.15) is 5.10 Å². The van der Waals surface area contributed by atoms with Gasteiger partial charge in [-0.3, -0.25) is 19.1 Å². The van der Waals surface area contributed by atoms with Gasteiger partial charge in [0.05, 0.1) is 18.3 Å². The molecular formula is C26H28N4O4. The first-order chi connectivity index (χ1) is 16.4. The van der Waals surface area contributed by atoms with Crippen molar-refractivity contribution in [1.82, 2.24) is 19.7 Å². The molecule has 1 saturated carbocycles. The molecule has 176 valence electrons. The number of aromatic nitrogens is 3. The van der Waals surface area contributed by atoms with Gasteiger partial charge in [-0.05, 0) is 44.2 Å². The first kappa shape index (κ1) is 22.1. The van der Waals surface area contributed by atoms with Crippen LogP contribution in [0.15, 0.2) is 47.5 Å². The monoisotopic (exact) mass is 460 g/mol. The number of carbonyl (C=O) groups is 2. The fourth-order valence-corrected chi connectivity index (χ4v) is 5.33. The number of carbonyl (C=O) groups excluding carboxylic acids is 2. The maximum atomic E-state index is 12.7. The van der Waals surface area contributed by atoms with Crippen LogP contribution in [0, 0.1) is 0 Å². The van der Waals surface area contributed by atoms with Crippen molar-refractivity contribution in [3.63, 3.8) is 0 Å². The summed E-state index contributed by atoms with van der Waals surface area (Å²) >= 11 is 0. The first-order valence-electron chi connectivity index (χ1n) is 11.8. The number of hydrogen-bond donors (Lipinski definition) is 2. The van der Waals surface area contributed by atoms with E-state index >= 15 is 0 Å². The Bertz CT molecular complexity index is 1380. The lowest BCUT2D eigenvalue weighted by Gasteiger charge is -2.33. The number of allylic oxidation sites excluding steroid dienone is 1. The van der Waals surface area contributed by atoms with Gasteiger partial charge in [0.25, 0.3) is 11.3 Å². The molecule has 3 heterocycles. The lowest BCUT2D eigenvalue weighted by Crippen LogP contribution is -2.38. The van der Waals surface area contributed by atoms with Gasteiger partial charge in [0, 0.05) is 29.2 Å². The van der Waals surface area contributed by atoms with Crippen LogP contribution < -0.4 is 10.7 Å². The van der Waals surface area contributed by atoms with Gasteiger partial charge >= 0.3 is 0 Å². The molecule has 8 nitrogen and oxygen atoms in total. The number of benzene rings is 1. The van der Waals surface area contributed by atoms with Crippen LogP contribution in [0.1, 0.15) is 65.4 Å². The Hall–Kier alpha value is -3.68. The minimum Gasteiger partial charge on any atom is -0.503 e. The van der Waals surface area contributed by atoms with E-state index in [2.05, 4.69) is 33.2 Å². The quantitative estimate of drug-likeness (QED) is 0.428. The van der Waals surface area contributed by atoms with Crippen LogP contribution >= 0.6 is 0 Å². The number of nitrogens with one attached hydrogen (secondary N) is 1. The molecule has 1 amide bonds. The molecule has 0 atom stereocenters. The molecule has 1 aliphatic heterocycles. The van der Waals surface area contributed by atoms with Crippen molar-refractivity contribution in [3.05, 3.63) is 69.8 Å². The summed E-state index contributed by atoms with van der Waals surface area (Å²) in [7, 11) is 0. The molecule has 0 saturated heterocycles. The highest BCUT2D eigenvalue weighted by Gasteiger charge is 2.38. The highest BCUT2D eigenvalue weighted by Crippen LogP contribution is 2.41. The number of fused-ring (bicyclic) bond motifs is 4. The SMILES string of the molecule is CC(=O)c1cn2c3cc(ccc13)C/C=C/CCNC(=O)c1nn(cc(O)c1=O)CC21CCCC1. The summed E-state index contributed by atoms with van der Waals surface area (Å²) in [5.41, 5.74) is 1.32. The summed E-state index contributed by atoms with van der Waals surface area (Å²) in [5, 5.41) is 18.3. The molecule has 5 rings (SSSR count). The number of amides is 1. The third-order valence-corrected chi connectivity index (χ3v) is 7.03. The van der Waals surface area contributed by atoms with Crippen LogP contribution in [-0.4, -0.2) is 37.7 Å². The fraction of sp³-hybridized carbons (Fsp3) is 0.385. The molecule has 0 unspecified atom stereocenters. The van der Waals surface area contributed by atoms with E-state index in [0.717, 1.165) is 48.6 Å². The van der Waals surface area contributed by atoms with Crippen molar-refractivity contribution < 1.29 is 14.7 Å². The van der Waals surface area contributed by atoms with E-state index in [1.165, 1.54) is 10.9 Å². The molecule has 2 aromatic heterocycles. The number of nitrogens with zero attached hydrogens (tertiary/aromatic N) is 3. The Balaban J connectivity index is 1.73. The van der Waals surface area contributed by atoms with Crippen LogP contribution in [0.3, 0.4) is 0 Å². The molecule has 1 spiro atoms. The van der Waals surface area contributed by atoms with Crippen LogP contribution in [-0.2, 0) is 18.5 Å². The van der Waals surface area contributed by atoms with Crippen molar-refractivity contribution in [2.75, 3.05) is 6.54 Å². The Morgan fingerprint density at radius 1 is 1.15 bits per heavy atom. The molecule has 0 radical (unpaired) electrons. The smallest absolute Gasteiger partial charge is 0.275 e. The second-order valence-electron chi connectivity index (χ2n) is 9.36. The standard InChI is InChI=1S/C26H28N4O4/c1-17(31)20-14-30-21-13-18(8-9-19(20)21)7-3-2-6-12-27-25(34)23-24(33)22(32)15-29(28-23)16-26(30)10-4-5-11-26/h2-3,8-9,13-15,32H,4-7,10-12,16H2,1H3,(H,27,34)/b3-2+. The third-order valence-electron chi connectivity index (χ3n) is 7.03. The summed E-state index contributed by atoms with van der Waals surface area (Å²) in [6, 6.07) is 6.24. The summed E-state index contributed by atoms with van der Waals surface area (Å²) in [5.74, 6) is -1.09. The van der Waals surface area contributed by atoms with Gasteiger partial charge in [0.2, 0.25) is 0 Å². The van der Waals surface area contributed by atoms with E-state index in [1.54, 1.807) is 6.92 Å². The van der Waals surface area contributed by atoms with Gasteiger partial charge in [0.1, 0.15) is 0 Å². The number of hydrogen-bond acceptors (Lipinski definition) is 5. The van der Waals surface area contributed by atoms with E-state index in [9.17, 15) is 19.5 Å². The Morgan fingerprint density at radius 3 is 2.71 bits per heavy atom. The molecule has 2 aliphatic rings. The zero-order valence-electron chi connectivity index (χ0n) is 19.2. The topological polar surface area (TPSA) is 106 Å². The summed E-state index contributed by atoms with van der Waals surface area (Å²) in [6.07, 6.45) is 12.4. The van der Waals surface area contributed by atoms with Gasteiger partial charge < -0.3 is 15.0 Å². The molecule has 1 aromatic carbocycles. The van der Waals surface area contributed by atoms with E-state index in [0.29, 0.717) is 25.1 Å². The Morgan fingerprint density at radius 2 is 1.94 bits per heavy atom. The number of Topliss-reactive ketones (excluding diaryl/α,β-unsaturated/α-hetero) is 1. The lowest BCUT2D eigenvalue weighted by molar-refractivity contribution is 0.0942. The number of rotatable bonds is 1.